The van der Waals surface area contributed by atoms with Crippen LogP contribution in [0.15, 0.2) is 12.1 Å². The van der Waals surface area contributed by atoms with E-state index in [1.807, 2.05) is 20.7 Å². The Balaban J connectivity index is 2.98. The smallest absolute Gasteiger partial charge is 0.268 e. The molecule has 1 rings (SSSR count). The Morgan fingerprint density at radius 2 is 0.719 bits per heavy atom. The third-order valence-electron chi connectivity index (χ3n) is 11.3. The third kappa shape index (κ3) is 26.4. The second-order valence-electron chi connectivity index (χ2n) is 16.8. The summed E-state index contributed by atoms with van der Waals surface area (Å²) < 4.78 is 11.5. The number of nitrogens with one attached hydrogen (secondary N) is 4. The van der Waals surface area contributed by atoms with E-state index in [9.17, 15) is 28.8 Å². The van der Waals surface area contributed by atoms with Crippen molar-refractivity contribution in [2.45, 2.75) is 182 Å². The van der Waals surface area contributed by atoms with E-state index in [1.54, 1.807) is 0 Å². The molecule has 0 bridgehead atoms. The van der Waals surface area contributed by atoms with Gasteiger partial charge in [-0.3, -0.25) is 39.6 Å². The molecule has 64 heavy (non-hydrogen) atoms. The summed E-state index contributed by atoms with van der Waals surface area (Å²) in [6.07, 6.45) is 26.4. The van der Waals surface area contributed by atoms with Crippen LogP contribution in [-0.2, 0) is 19.2 Å². The molecule has 0 aromatic heterocycles. The lowest BCUT2D eigenvalue weighted by molar-refractivity contribution is -0.133. The van der Waals surface area contributed by atoms with Crippen LogP contribution in [0.25, 0.3) is 0 Å². The Morgan fingerprint density at radius 3 is 1.00 bits per heavy atom. The maximum atomic E-state index is 13.3. The lowest BCUT2D eigenvalue weighted by atomic mass is 10.1. The molecule has 1 aromatic carbocycles. The number of amides is 6. The summed E-state index contributed by atoms with van der Waals surface area (Å²) in [7, 11) is 0. The number of benzene rings is 1. The minimum Gasteiger partial charge on any atom is -0.483 e. The van der Waals surface area contributed by atoms with Gasteiger partial charge < -0.3 is 29.9 Å². The van der Waals surface area contributed by atoms with Crippen LogP contribution in [0.3, 0.4) is 0 Å². The summed E-state index contributed by atoms with van der Waals surface area (Å²) in [6, 6.07) is 2.29. The number of carbonyl (C=O) groups is 6. The van der Waals surface area contributed by atoms with Crippen LogP contribution < -0.4 is 42.6 Å². The van der Waals surface area contributed by atoms with Crippen molar-refractivity contribution in [3.63, 3.8) is 0 Å². The van der Waals surface area contributed by atoms with E-state index in [1.165, 1.54) is 83.1 Å². The standard InChI is InChI=1S/C48H86N8O8/c1-5-9-13-17-21-25-29-55(30-26-22-18-14-10-6-2)45(59)35-51-43(57)37-63-41-34-42(40(48(62)54-50)33-39(41)47(61)53-49)64-38-44(58)52-36-46(60)56(31-27-23-19-15-11-7-3)32-28-24-20-16-12-8-4/h33-34H,5-32,35-38,49-50H2,1-4H3,(H,51,57)(H,52,58)(H,53,61)(H,54,62). The predicted molar refractivity (Wildman–Crippen MR) is 253 cm³/mol. The second kappa shape index (κ2) is 37.9. The zero-order valence-corrected chi connectivity index (χ0v) is 40.1. The van der Waals surface area contributed by atoms with Crippen molar-refractivity contribution in [2.24, 2.45) is 11.7 Å². The first kappa shape index (κ1) is 57.6. The number of nitrogens with zero attached hydrogens (tertiary/aromatic N) is 2. The lowest BCUT2D eigenvalue weighted by Gasteiger charge is -2.23. The molecule has 366 valence electrons. The molecule has 0 fully saturated rings. The molecule has 0 aliphatic rings. The molecule has 0 saturated heterocycles. The van der Waals surface area contributed by atoms with E-state index in [0.717, 1.165) is 83.1 Å². The summed E-state index contributed by atoms with van der Waals surface area (Å²) in [4.78, 5) is 81.9. The molecule has 0 aliphatic carbocycles. The summed E-state index contributed by atoms with van der Waals surface area (Å²) in [5, 5.41) is 5.25. The maximum Gasteiger partial charge on any atom is 0.268 e. The van der Waals surface area contributed by atoms with Crippen molar-refractivity contribution < 1.29 is 38.2 Å². The van der Waals surface area contributed by atoms with Gasteiger partial charge in [-0.2, -0.15) is 0 Å². The molecule has 0 unspecified atom stereocenters. The van der Waals surface area contributed by atoms with Gasteiger partial charge in [-0.05, 0) is 31.7 Å². The number of rotatable bonds is 40. The average molecular weight is 903 g/mol. The van der Waals surface area contributed by atoms with Crippen molar-refractivity contribution in [2.75, 3.05) is 52.5 Å². The number of carbonyl (C=O) groups excluding carboxylic acids is 6. The van der Waals surface area contributed by atoms with Crippen molar-refractivity contribution in [1.29, 1.82) is 0 Å². The molecule has 0 radical (unpaired) electrons. The van der Waals surface area contributed by atoms with E-state index in [4.69, 9.17) is 21.2 Å². The highest BCUT2D eigenvalue weighted by atomic mass is 16.5. The van der Waals surface area contributed by atoms with E-state index < -0.39 is 36.8 Å². The fourth-order valence-corrected chi connectivity index (χ4v) is 7.33. The molecule has 8 N–H and O–H groups in total. The summed E-state index contributed by atoms with van der Waals surface area (Å²) >= 11 is 0. The van der Waals surface area contributed by atoms with Crippen LogP contribution in [0.5, 0.6) is 11.5 Å². The summed E-state index contributed by atoms with van der Waals surface area (Å²) in [6.45, 7) is 9.59. The number of ether oxygens (including phenoxy) is 2. The molecular formula is C48H86N8O8. The first-order chi connectivity index (χ1) is 31.1. The van der Waals surface area contributed by atoms with Crippen molar-refractivity contribution in [3.05, 3.63) is 23.3 Å². The van der Waals surface area contributed by atoms with Crippen LogP contribution in [0.4, 0.5) is 0 Å². The normalized spacial score (nSPS) is 10.8. The third-order valence-corrected chi connectivity index (χ3v) is 11.3. The summed E-state index contributed by atoms with van der Waals surface area (Å²) in [5.41, 5.74) is 3.54. The van der Waals surface area contributed by atoms with E-state index >= 15 is 0 Å². The second-order valence-corrected chi connectivity index (χ2v) is 16.8. The number of nitrogens with two attached hydrogens (primary N) is 2. The largest absolute Gasteiger partial charge is 0.483 e. The Kier molecular flexibility index (Phi) is 34.1. The van der Waals surface area contributed by atoms with Gasteiger partial charge in [-0.1, -0.05) is 156 Å². The highest BCUT2D eigenvalue weighted by Gasteiger charge is 2.23. The highest BCUT2D eigenvalue weighted by Crippen LogP contribution is 2.30. The Hall–Kier alpha value is -4.44. The fraction of sp³-hybridized carbons (Fsp3) is 0.750. The minimum atomic E-state index is -0.842. The summed E-state index contributed by atoms with van der Waals surface area (Å²) in [5.74, 6) is 7.19. The zero-order valence-electron chi connectivity index (χ0n) is 40.1. The van der Waals surface area contributed by atoms with Gasteiger partial charge in [0.25, 0.3) is 23.6 Å². The van der Waals surface area contributed by atoms with Gasteiger partial charge in [0, 0.05) is 32.2 Å². The molecule has 0 spiro atoms. The number of hydrazine groups is 2. The molecule has 1 aromatic rings. The van der Waals surface area contributed by atoms with Crippen LogP contribution in [0.2, 0.25) is 0 Å². The van der Waals surface area contributed by atoms with Gasteiger partial charge in [0.2, 0.25) is 11.8 Å². The number of unbranched alkanes of at least 4 members (excludes halogenated alkanes) is 20. The van der Waals surface area contributed by atoms with Gasteiger partial charge in [0.05, 0.1) is 24.2 Å². The lowest BCUT2D eigenvalue weighted by Crippen LogP contribution is -2.42. The molecule has 0 atom stereocenters. The van der Waals surface area contributed by atoms with Gasteiger partial charge in [0.15, 0.2) is 13.2 Å². The molecule has 0 saturated carbocycles. The quantitative estimate of drug-likeness (QED) is 0.0171. The van der Waals surface area contributed by atoms with Crippen molar-refractivity contribution in [1.82, 2.24) is 31.3 Å². The topological polar surface area (TPSA) is 228 Å². The monoisotopic (exact) mass is 903 g/mol. The van der Waals surface area contributed by atoms with E-state index in [-0.39, 0.29) is 47.5 Å². The minimum absolute atomic E-state index is 0.184. The van der Waals surface area contributed by atoms with Crippen LogP contribution in [0.1, 0.15) is 203 Å². The highest BCUT2D eigenvalue weighted by molar-refractivity contribution is 6.03. The average Bonchev–Trinajstić information content (AvgIpc) is 3.30. The van der Waals surface area contributed by atoms with Crippen LogP contribution >= 0.6 is 0 Å². The predicted octanol–water partition coefficient (Wildman–Crippen LogP) is 6.98. The zero-order chi connectivity index (χ0) is 47.2. The van der Waals surface area contributed by atoms with Crippen molar-refractivity contribution in [3.8, 4) is 11.5 Å². The van der Waals surface area contributed by atoms with Crippen molar-refractivity contribution >= 4 is 35.4 Å². The molecule has 6 amide bonds. The first-order valence-electron chi connectivity index (χ1n) is 24.6. The Labute approximate surface area is 384 Å². The van der Waals surface area contributed by atoms with Gasteiger partial charge in [-0.15, -0.1) is 0 Å². The first-order valence-corrected chi connectivity index (χ1v) is 24.6. The molecule has 0 heterocycles. The Bertz CT molecular complexity index is 1340. The van der Waals surface area contributed by atoms with Crippen LogP contribution in [-0.4, -0.2) is 97.7 Å². The Morgan fingerprint density at radius 1 is 0.438 bits per heavy atom. The molecule has 16 heteroatoms. The SMILES string of the molecule is CCCCCCCCN(CCCCCCCC)C(=O)CNC(=O)COc1cc(OCC(=O)NCC(=O)N(CCCCCCCC)CCCCCCCC)c(C(=O)NN)cc1C(=O)NN. The number of hydrogen-bond acceptors (Lipinski definition) is 10. The van der Waals surface area contributed by atoms with Gasteiger partial charge in [0.1, 0.15) is 11.5 Å². The number of hydrogen-bond donors (Lipinski definition) is 6. The van der Waals surface area contributed by atoms with E-state index in [2.05, 4.69) is 38.3 Å². The van der Waals surface area contributed by atoms with Gasteiger partial charge in [-0.25, -0.2) is 11.7 Å². The van der Waals surface area contributed by atoms with E-state index in [0.29, 0.717) is 26.2 Å². The van der Waals surface area contributed by atoms with Crippen LogP contribution in [0, 0.1) is 0 Å². The molecule has 0 aliphatic heterocycles. The fourth-order valence-electron chi connectivity index (χ4n) is 7.33. The number of nitrogen functional groups attached to an aromatic ring is 2. The molecule has 16 nitrogen and oxygen atoms in total. The van der Waals surface area contributed by atoms with Gasteiger partial charge >= 0.3 is 0 Å². The maximum absolute atomic E-state index is 13.3. The molecular weight excluding hydrogens is 817 g/mol.